The Balaban J connectivity index is 1.30. The number of pyridine rings is 2. The molecule has 0 fully saturated rings. The Morgan fingerprint density at radius 3 is 2.50 bits per heavy atom. The van der Waals surface area contributed by atoms with Gasteiger partial charge in [-0.15, -0.1) is 11.3 Å². The highest BCUT2D eigenvalue weighted by atomic mass is 32.1. The van der Waals surface area contributed by atoms with Crippen LogP contribution in [0.5, 0.6) is 5.75 Å². The summed E-state index contributed by atoms with van der Waals surface area (Å²) in [5.74, 6) is 0.500. The van der Waals surface area contributed by atoms with Crippen molar-refractivity contribution in [2.75, 3.05) is 5.32 Å². The van der Waals surface area contributed by atoms with E-state index < -0.39 is 0 Å². The zero-order chi connectivity index (χ0) is 20.6. The maximum atomic E-state index is 12.2. The van der Waals surface area contributed by atoms with Crippen molar-refractivity contribution in [1.29, 1.82) is 0 Å². The number of ether oxygens (including phenoxy) is 1. The minimum atomic E-state index is -0.243. The summed E-state index contributed by atoms with van der Waals surface area (Å²) in [7, 11) is 0. The lowest BCUT2D eigenvalue weighted by Gasteiger charge is -2.05. The Morgan fingerprint density at radius 1 is 0.967 bits per heavy atom. The van der Waals surface area contributed by atoms with Crippen molar-refractivity contribution in [2.24, 2.45) is 0 Å². The van der Waals surface area contributed by atoms with Crippen LogP contribution in [-0.4, -0.2) is 20.9 Å². The molecule has 4 rings (SSSR count). The number of hydrogen-bond acceptors (Lipinski definition) is 6. The first kappa shape index (κ1) is 19.5. The van der Waals surface area contributed by atoms with Gasteiger partial charge in [0.15, 0.2) is 5.13 Å². The number of nitrogens with zero attached hydrogens (tertiary/aromatic N) is 3. The predicted molar refractivity (Wildman–Crippen MR) is 118 cm³/mol. The lowest BCUT2D eigenvalue weighted by atomic mass is 10.2. The molecule has 0 radical (unpaired) electrons. The van der Waals surface area contributed by atoms with Crippen LogP contribution in [0, 0.1) is 0 Å². The second kappa shape index (κ2) is 9.58. The summed E-state index contributed by atoms with van der Waals surface area (Å²) in [5.41, 5.74) is 3.27. The zero-order valence-electron chi connectivity index (χ0n) is 15.9. The van der Waals surface area contributed by atoms with Crippen molar-refractivity contribution in [2.45, 2.75) is 6.61 Å². The van der Waals surface area contributed by atoms with Crippen LogP contribution in [0.15, 0.2) is 84.5 Å². The minimum Gasteiger partial charge on any atom is -0.487 e. The summed E-state index contributed by atoms with van der Waals surface area (Å²) in [4.78, 5) is 25.1. The Labute approximate surface area is 177 Å². The lowest BCUT2D eigenvalue weighted by Crippen LogP contribution is -2.07. The Hall–Kier alpha value is -3.84. The van der Waals surface area contributed by atoms with Gasteiger partial charge in [-0.3, -0.25) is 20.1 Å². The highest BCUT2D eigenvalue weighted by molar-refractivity contribution is 7.14. The number of amides is 1. The predicted octanol–water partition coefficient (Wildman–Crippen LogP) is 4.83. The largest absolute Gasteiger partial charge is 0.487 e. The monoisotopic (exact) mass is 414 g/mol. The van der Waals surface area contributed by atoms with E-state index in [1.807, 2.05) is 66.0 Å². The summed E-state index contributed by atoms with van der Waals surface area (Å²) in [6.45, 7) is 0.409. The summed E-state index contributed by atoms with van der Waals surface area (Å²) in [6.07, 6.45) is 6.67. The fourth-order valence-corrected chi connectivity index (χ4v) is 3.31. The third kappa shape index (κ3) is 5.36. The van der Waals surface area contributed by atoms with E-state index in [1.54, 1.807) is 18.5 Å². The van der Waals surface area contributed by atoms with Crippen LogP contribution in [0.4, 0.5) is 5.13 Å². The van der Waals surface area contributed by atoms with Gasteiger partial charge >= 0.3 is 0 Å². The molecule has 0 saturated carbocycles. The number of carbonyl (C=O) groups excluding carboxylic acids is 1. The average molecular weight is 414 g/mol. The van der Waals surface area contributed by atoms with Crippen LogP contribution in [-0.2, 0) is 11.4 Å². The normalized spacial score (nSPS) is 10.8. The van der Waals surface area contributed by atoms with Crippen LogP contribution in [0.3, 0.4) is 0 Å². The van der Waals surface area contributed by atoms with Gasteiger partial charge in [-0.05, 0) is 48.0 Å². The molecule has 0 aliphatic carbocycles. The molecule has 0 saturated heterocycles. The first-order valence-electron chi connectivity index (χ1n) is 9.25. The van der Waals surface area contributed by atoms with Gasteiger partial charge in [-0.2, -0.15) is 0 Å². The van der Waals surface area contributed by atoms with Gasteiger partial charge < -0.3 is 4.74 Å². The van der Waals surface area contributed by atoms with Gasteiger partial charge in [0.05, 0.1) is 11.4 Å². The van der Waals surface area contributed by atoms with Crippen molar-refractivity contribution in [1.82, 2.24) is 15.0 Å². The molecule has 1 aromatic carbocycles. The number of hydrogen-bond donors (Lipinski definition) is 1. The second-order valence-electron chi connectivity index (χ2n) is 6.25. The van der Waals surface area contributed by atoms with E-state index in [-0.39, 0.29) is 5.91 Å². The Morgan fingerprint density at radius 2 is 1.77 bits per heavy atom. The van der Waals surface area contributed by atoms with Crippen LogP contribution in [0.2, 0.25) is 0 Å². The first-order valence-corrected chi connectivity index (χ1v) is 10.1. The minimum absolute atomic E-state index is 0.243. The van der Waals surface area contributed by atoms with Gasteiger partial charge in [0, 0.05) is 23.8 Å². The molecule has 0 aliphatic heterocycles. The van der Waals surface area contributed by atoms with E-state index in [0.717, 1.165) is 28.4 Å². The van der Waals surface area contributed by atoms with Crippen molar-refractivity contribution in [3.63, 3.8) is 0 Å². The van der Waals surface area contributed by atoms with Gasteiger partial charge in [0.2, 0.25) is 5.91 Å². The molecule has 30 heavy (non-hydrogen) atoms. The molecule has 3 heterocycles. The molecule has 148 valence electrons. The topological polar surface area (TPSA) is 77.0 Å². The van der Waals surface area contributed by atoms with Gasteiger partial charge in [-0.25, -0.2) is 4.98 Å². The van der Waals surface area contributed by atoms with E-state index in [9.17, 15) is 4.79 Å². The molecule has 6 nitrogen and oxygen atoms in total. The smallest absolute Gasteiger partial charge is 0.250 e. The molecule has 0 bridgehead atoms. The quantitative estimate of drug-likeness (QED) is 0.438. The maximum absolute atomic E-state index is 12.2. The Kier molecular flexibility index (Phi) is 6.22. The molecule has 0 spiro atoms. The van der Waals surface area contributed by atoms with E-state index in [0.29, 0.717) is 11.7 Å². The highest BCUT2D eigenvalue weighted by Crippen LogP contribution is 2.23. The number of rotatable bonds is 7. The lowest BCUT2D eigenvalue weighted by molar-refractivity contribution is -0.111. The molecule has 7 heteroatoms. The number of thiazole rings is 1. The third-order valence-electron chi connectivity index (χ3n) is 4.08. The van der Waals surface area contributed by atoms with Crippen molar-refractivity contribution in [3.05, 3.63) is 95.8 Å². The third-order valence-corrected chi connectivity index (χ3v) is 4.84. The summed E-state index contributed by atoms with van der Waals surface area (Å²) >= 11 is 1.36. The van der Waals surface area contributed by atoms with Gasteiger partial charge in [-0.1, -0.05) is 24.3 Å². The maximum Gasteiger partial charge on any atom is 0.250 e. The SMILES string of the molecule is O=C(/C=C/c1ccc(OCc2ccccn2)cc1)Nc1nc(-c2ccccn2)cs1. The second-order valence-corrected chi connectivity index (χ2v) is 7.11. The van der Waals surface area contributed by atoms with Crippen LogP contribution in [0.25, 0.3) is 17.5 Å². The van der Waals surface area contributed by atoms with Crippen molar-refractivity contribution >= 4 is 28.5 Å². The van der Waals surface area contributed by atoms with Crippen LogP contribution < -0.4 is 10.1 Å². The Bertz CT molecular complexity index is 1130. The van der Waals surface area contributed by atoms with E-state index in [4.69, 9.17) is 4.74 Å². The van der Waals surface area contributed by atoms with Crippen LogP contribution >= 0.6 is 11.3 Å². The molecular formula is C23H18N4O2S. The number of carbonyl (C=O) groups is 1. The zero-order valence-corrected chi connectivity index (χ0v) is 16.8. The molecular weight excluding hydrogens is 396 g/mol. The highest BCUT2D eigenvalue weighted by Gasteiger charge is 2.07. The molecule has 0 unspecified atom stereocenters. The average Bonchev–Trinajstić information content (AvgIpc) is 3.27. The molecule has 3 aromatic heterocycles. The summed E-state index contributed by atoms with van der Waals surface area (Å²) < 4.78 is 5.71. The van der Waals surface area contributed by atoms with E-state index in [1.165, 1.54) is 17.4 Å². The standard InChI is InChI=1S/C23H18N4O2S/c28-22(27-23-26-21(16-30-23)20-6-2-4-14-25-20)12-9-17-7-10-19(11-8-17)29-15-18-5-1-3-13-24-18/h1-14,16H,15H2,(H,26,27,28)/b12-9+. The first-order chi connectivity index (χ1) is 14.8. The summed E-state index contributed by atoms with van der Waals surface area (Å²) in [5, 5.41) is 5.17. The number of anilines is 1. The molecule has 0 atom stereocenters. The number of nitrogens with one attached hydrogen (secondary N) is 1. The van der Waals surface area contributed by atoms with Gasteiger partial charge in [0.25, 0.3) is 0 Å². The molecule has 0 aliphatic rings. The van der Waals surface area contributed by atoms with E-state index in [2.05, 4.69) is 20.3 Å². The molecule has 1 N–H and O–H groups in total. The summed E-state index contributed by atoms with van der Waals surface area (Å²) in [6, 6.07) is 18.8. The fraction of sp³-hybridized carbons (Fsp3) is 0.0435. The molecule has 4 aromatic rings. The van der Waals surface area contributed by atoms with Crippen molar-refractivity contribution < 1.29 is 9.53 Å². The number of benzene rings is 1. The van der Waals surface area contributed by atoms with Crippen LogP contribution in [0.1, 0.15) is 11.3 Å². The van der Waals surface area contributed by atoms with E-state index >= 15 is 0 Å². The van der Waals surface area contributed by atoms with Crippen molar-refractivity contribution in [3.8, 4) is 17.1 Å². The molecule has 1 amide bonds. The number of aromatic nitrogens is 3. The fourth-order valence-electron chi connectivity index (χ4n) is 2.60. The van der Waals surface area contributed by atoms with Gasteiger partial charge in [0.1, 0.15) is 18.1 Å².